The van der Waals surface area contributed by atoms with Gasteiger partial charge in [0.05, 0.1) is 5.69 Å². The van der Waals surface area contributed by atoms with Crippen LogP contribution in [0.25, 0.3) is 0 Å². The number of nitrogen functional groups attached to an aromatic ring is 1. The van der Waals surface area contributed by atoms with Crippen LogP contribution in [0.1, 0.15) is 36.2 Å². The van der Waals surface area contributed by atoms with E-state index in [-0.39, 0.29) is 5.91 Å². The number of carbonyl (C=O) groups excluding carboxylic acids is 1. The topological polar surface area (TPSA) is 80.0 Å². The second-order valence-electron chi connectivity index (χ2n) is 5.25. The van der Waals surface area contributed by atoms with Gasteiger partial charge in [0.15, 0.2) is 0 Å². The maximum atomic E-state index is 12.1. The SMILES string of the molecule is NNc1ccnc(C(=O)NC(C2CC2)C2CC2)c1. The van der Waals surface area contributed by atoms with Gasteiger partial charge in [0, 0.05) is 12.2 Å². The minimum Gasteiger partial charge on any atom is -0.347 e. The van der Waals surface area contributed by atoms with Crippen molar-refractivity contribution in [1.82, 2.24) is 10.3 Å². The largest absolute Gasteiger partial charge is 0.347 e. The van der Waals surface area contributed by atoms with Crippen LogP contribution in [0.4, 0.5) is 5.69 Å². The number of anilines is 1. The van der Waals surface area contributed by atoms with E-state index in [0.29, 0.717) is 29.3 Å². The highest BCUT2D eigenvalue weighted by molar-refractivity contribution is 5.93. The van der Waals surface area contributed by atoms with Gasteiger partial charge >= 0.3 is 0 Å². The van der Waals surface area contributed by atoms with E-state index < -0.39 is 0 Å². The zero-order valence-corrected chi connectivity index (χ0v) is 10.2. The van der Waals surface area contributed by atoms with Gasteiger partial charge in [0.1, 0.15) is 5.69 Å². The Balaban J connectivity index is 1.69. The van der Waals surface area contributed by atoms with E-state index in [1.54, 1.807) is 18.3 Å². The molecule has 1 aromatic rings. The summed E-state index contributed by atoms with van der Waals surface area (Å²) in [5, 5.41) is 3.14. The Labute approximate surface area is 106 Å². The van der Waals surface area contributed by atoms with Gasteiger partial charge in [-0.2, -0.15) is 0 Å². The standard InChI is InChI=1S/C13H18N4O/c14-17-10-5-6-15-11(7-10)13(18)16-12(8-1-2-8)9-3-4-9/h5-9,12H,1-4,14H2,(H,15,17)(H,16,18). The van der Waals surface area contributed by atoms with Crippen molar-refractivity contribution in [2.45, 2.75) is 31.7 Å². The Bertz CT molecular complexity index is 442. The van der Waals surface area contributed by atoms with Crippen molar-refractivity contribution in [2.75, 3.05) is 5.43 Å². The fourth-order valence-corrected chi connectivity index (χ4v) is 2.40. The molecule has 1 heterocycles. The predicted octanol–water partition coefficient (Wildman–Crippen LogP) is 1.29. The first-order valence-corrected chi connectivity index (χ1v) is 6.51. The molecule has 0 unspecified atom stereocenters. The Morgan fingerprint density at radius 1 is 1.33 bits per heavy atom. The lowest BCUT2D eigenvalue weighted by Gasteiger charge is -2.17. The van der Waals surface area contributed by atoms with Crippen LogP contribution in [0.5, 0.6) is 0 Å². The normalized spacial score (nSPS) is 18.8. The van der Waals surface area contributed by atoms with Crippen LogP contribution in [-0.2, 0) is 0 Å². The van der Waals surface area contributed by atoms with Crippen molar-refractivity contribution in [3.63, 3.8) is 0 Å². The lowest BCUT2D eigenvalue weighted by Crippen LogP contribution is -2.38. The third-order valence-electron chi connectivity index (χ3n) is 3.72. The Morgan fingerprint density at radius 3 is 2.56 bits per heavy atom. The van der Waals surface area contributed by atoms with Crippen LogP contribution < -0.4 is 16.6 Å². The Morgan fingerprint density at radius 2 is 2.00 bits per heavy atom. The summed E-state index contributed by atoms with van der Waals surface area (Å²) in [7, 11) is 0. The molecule has 2 fully saturated rings. The molecule has 5 nitrogen and oxygen atoms in total. The molecule has 0 bridgehead atoms. The average Bonchev–Trinajstić information content (AvgIpc) is 3.29. The van der Waals surface area contributed by atoms with Gasteiger partial charge in [-0.15, -0.1) is 0 Å². The van der Waals surface area contributed by atoms with Gasteiger partial charge in [-0.05, 0) is 49.7 Å². The van der Waals surface area contributed by atoms with Crippen LogP contribution in [0, 0.1) is 11.8 Å². The number of amides is 1. The molecule has 96 valence electrons. The van der Waals surface area contributed by atoms with Crippen molar-refractivity contribution >= 4 is 11.6 Å². The molecule has 2 aliphatic rings. The number of carbonyl (C=O) groups is 1. The van der Waals surface area contributed by atoms with E-state index in [0.717, 1.165) is 0 Å². The lowest BCUT2D eigenvalue weighted by molar-refractivity contribution is 0.0921. The lowest BCUT2D eigenvalue weighted by atomic mass is 10.1. The van der Waals surface area contributed by atoms with Crippen LogP contribution in [0.15, 0.2) is 18.3 Å². The molecule has 1 amide bonds. The van der Waals surface area contributed by atoms with Crippen LogP contribution >= 0.6 is 0 Å². The maximum Gasteiger partial charge on any atom is 0.270 e. The van der Waals surface area contributed by atoms with Gasteiger partial charge in [-0.25, -0.2) is 0 Å². The number of hydrogen-bond donors (Lipinski definition) is 3. The maximum absolute atomic E-state index is 12.1. The fourth-order valence-electron chi connectivity index (χ4n) is 2.40. The van der Waals surface area contributed by atoms with Crippen LogP contribution in [0.3, 0.4) is 0 Å². The number of nitrogens with zero attached hydrogens (tertiary/aromatic N) is 1. The monoisotopic (exact) mass is 246 g/mol. The summed E-state index contributed by atoms with van der Waals surface area (Å²) in [6.45, 7) is 0. The molecule has 2 saturated carbocycles. The quantitative estimate of drug-likeness (QED) is 0.540. The molecule has 0 radical (unpaired) electrons. The van der Waals surface area contributed by atoms with Gasteiger partial charge in [0.25, 0.3) is 5.91 Å². The molecular weight excluding hydrogens is 228 g/mol. The summed E-state index contributed by atoms with van der Waals surface area (Å²) in [5.41, 5.74) is 3.65. The highest BCUT2D eigenvalue weighted by atomic mass is 16.1. The molecule has 5 heteroatoms. The number of nitrogens with one attached hydrogen (secondary N) is 2. The molecular formula is C13H18N4O. The molecule has 1 aromatic heterocycles. The predicted molar refractivity (Wildman–Crippen MR) is 68.7 cm³/mol. The third-order valence-corrected chi connectivity index (χ3v) is 3.72. The summed E-state index contributed by atoms with van der Waals surface area (Å²) >= 11 is 0. The first-order valence-electron chi connectivity index (χ1n) is 6.51. The summed E-state index contributed by atoms with van der Waals surface area (Å²) in [4.78, 5) is 16.2. The van der Waals surface area contributed by atoms with Gasteiger partial charge < -0.3 is 10.7 Å². The van der Waals surface area contributed by atoms with E-state index in [9.17, 15) is 4.79 Å². The van der Waals surface area contributed by atoms with Crippen LogP contribution in [-0.4, -0.2) is 16.9 Å². The van der Waals surface area contributed by atoms with Crippen molar-refractivity contribution in [3.8, 4) is 0 Å². The molecule has 0 aromatic carbocycles. The summed E-state index contributed by atoms with van der Waals surface area (Å²) < 4.78 is 0. The summed E-state index contributed by atoms with van der Waals surface area (Å²) in [6, 6.07) is 3.76. The summed E-state index contributed by atoms with van der Waals surface area (Å²) in [6.07, 6.45) is 6.59. The van der Waals surface area contributed by atoms with Crippen molar-refractivity contribution in [3.05, 3.63) is 24.0 Å². The van der Waals surface area contributed by atoms with E-state index >= 15 is 0 Å². The second-order valence-corrected chi connectivity index (χ2v) is 5.25. The smallest absolute Gasteiger partial charge is 0.270 e. The molecule has 4 N–H and O–H groups in total. The fraction of sp³-hybridized carbons (Fsp3) is 0.538. The number of hydrogen-bond acceptors (Lipinski definition) is 4. The average molecular weight is 246 g/mol. The van der Waals surface area contributed by atoms with E-state index in [1.165, 1.54) is 25.7 Å². The highest BCUT2D eigenvalue weighted by Crippen LogP contribution is 2.44. The number of hydrazine groups is 1. The molecule has 0 spiro atoms. The molecule has 3 rings (SSSR count). The number of rotatable bonds is 5. The first-order chi connectivity index (χ1) is 8.78. The van der Waals surface area contributed by atoms with Crippen molar-refractivity contribution in [2.24, 2.45) is 17.7 Å². The van der Waals surface area contributed by atoms with Crippen molar-refractivity contribution < 1.29 is 4.79 Å². The molecule has 2 aliphatic carbocycles. The minimum atomic E-state index is -0.0871. The molecule has 0 saturated heterocycles. The minimum absolute atomic E-state index is 0.0871. The molecule has 18 heavy (non-hydrogen) atoms. The Hall–Kier alpha value is -1.62. The molecule has 0 aliphatic heterocycles. The van der Waals surface area contributed by atoms with Crippen LogP contribution in [0.2, 0.25) is 0 Å². The summed E-state index contributed by atoms with van der Waals surface area (Å²) in [5.74, 6) is 6.62. The number of aromatic nitrogens is 1. The van der Waals surface area contributed by atoms with Gasteiger partial charge in [0.2, 0.25) is 0 Å². The molecule has 0 atom stereocenters. The Kier molecular flexibility index (Phi) is 2.91. The first kappa shape index (κ1) is 11.5. The van der Waals surface area contributed by atoms with E-state index in [2.05, 4.69) is 15.7 Å². The third kappa shape index (κ3) is 2.46. The second kappa shape index (κ2) is 4.57. The highest BCUT2D eigenvalue weighted by Gasteiger charge is 2.42. The van der Waals surface area contributed by atoms with E-state index in [4.69, 9.17) is 5.84 Å². The zero-order chi connectivity index (χ0) is 12.5. The number of nitrogens with two attached hydrogens (primary N) is 1. The number of pyridine rings is 1. The van der Waals surface area contributed by atoms with Gasteiger partial charge in [-0.3, -0.25) is 15.6 Å². The van der Waals surface area contributed by atoms with E-state index in [1.807, 2.05) is 0 Å². The van der Waals surface area contributed by atoms with Gasteiger partial charge in [-0.1, -0.05) is 0 Å². The zero-order valence-electron chi connectivity index (χ0n) is 10.2. The van der Waals surface area contributed by atoms with Crippen molar-refractivity contribution in [1.29, 1.82) is 0 Å².